The molecule has 0 atom stereocenters. The van der Waals surface area contributed by atoms with Crippen molar-refractivity contribution in [1.82, 2.24) is 0 Å². The number of alkyl halides is 2. The van der Waals surface area contributed by atoms with Crippen LogP contribution in [0, 0.1) is 0 Å². The molecule has 7 heteroatoms. The molecule has 0 aliphatic carbocycles. The zero-order chi connectivity index (χ0) is 11.6. The summed E-state index contributed by atoms with van der Waals surface area (Å²) in [5.74, 6) is -2.19. The number of carboxylic acid groups (broad SMARTS) is 1. The van der Waals surface area contributed by atoms with Gasteiger partial charge in [-0.15, -0.1) is 0 Å². The van der Waals surface area contributed by atoms with E-state index in [2.05, 4.69) is 0 Å². The molecule has 15 heavy (non-hydrogen) atoms. The third-order valence-electron chi connectivity index (χ3n) is 1.47. The molecule has 0 fully saturated rings. The number of carbonyl (C=O) groups is 1. The van der Waals surface area contributed by atoms with Crippen LogP contribution in [0.2, 0.25) is 5.02 Å². The van der Waals surface area contributed by atoms with Gasteiger partial charge >= 0.3 is 11.2 Å². The lowest BCUT2D eigenvalue weighted by Gasteiger charge is -2.10. The molecular formula is C8H6ClF2NO2S. The van der Waals surface area contributed by atoms with Crippen LogP contribution in [0.4, 0.5) is 14.5 Å². The Bertz CT molecular complexity index is 400. The Morgan fingerprint density at radius 3 is 2.60 bits per heavy atom. The van der Waals surface area contributed by atoms with Crippen molar-refractivity contribution in [3.8, 4) is 0 Å². The topological polar surface area (TPSA) is 63.3 Å². The van der Waals surface area contributed by atoms with Crippen molar-refractivity contribution in [3.05, 3.63) is 23.2 Å². The molecule has 3 N–H and O–H groups in total. The molecule has 0 spiro atoms. The molecule has 0 heterocycles. The molecule has 1 rings (SSSR count). The first-order chi connectivity index (χ1) is 6.83. The van der Waals surface area contributed by atoms with Gasteiger partial charge in [0, 0.05) is 4.90 Å². The number of thioether (sulfide) groups is 1. The number of benzene rings is 1. The van der Waals surface area contributed by atoms with Gasteiger partial charge in [0.1, 0.15) is 0 Å². The van der Waals surface area contributed by atoms with Gasteiger partial charge in [0.05, 0.1) is 10.7 Å². The van der Waals surface area contributed by atoms with Crippen LogP contribution in [0.5, 0.6) is 0 Å². The summed E-state index contributed by atoms with van der Waals surface area (Å²) in [6.45, 7) is 0. The Labute approximate surface area is 93.2 Å². The molecule has 0 aromatic heterocycles. The number of nitrogen functional groups attached to an aromatic ring is 1. The quantitative estimate of drug-likeness (QED) is 0.642. The molecule has 3 nitrogen and oxygen atoms in total. The average molecular weight is 254 g/mol. The Kier molecular flexibility index (Phi) is 3.41. The number of rotatable bonds is 3. The van der Waals surface area contributed by atoms with E-state index in [1.165, 1.54) is 18.2 Å². The molecule has 0 aliphatic rings. The lowest BCUT2D eigenvalue weighted by molar-refractivity contribution is -0.152. The summed E-state index contributed by atoms with van der Waals surface area (Å²) in [6, 6.07) is 3.81. The van der Waals surface area contributed by atoms with Crippen molar-refractivity contribution < 1.29 is 18.7 Å². The van der Waals surface area contributed by atoms with Gasteiger partial charge in [0.15, 0.2) is 0 Å². The molecule has 0 saturated heterocycles. The summed E-state index contributed by atoms with van der Waals surface area (Å²) in [7, 11) is 0. The van der Waals surface area contributed by atoms with E-state index in [1.807, 2.05) is 0 Å². The Morgan fingerprint density at radius 1 is 1.53 bits per heavy atom. The maximum absolute atomic E-state index is 12.8. The van der Waals surface area contributed by atoms with Gasteiger partial charge in [-0.1, -0.05) is 11.6 Å². The van der Waals surface area contributed by atoms with Crippen molar-refractivity contribution in [2.75, 3.05) is 5.73 Å². The summed E-state index contributed by atoms with van der Waals surface area (Å²) >= 11 is 5.50. The van der Waals surface area contributed by atoms with E-state index in [9.17, 15) is 13.6 Å². The minimum Gasteiger partial charge on any atom is -0.476 e. The average Bonchev–Trinajstić information content (AvgIpc) is 2.10. The van der Waals surface area contributed by atoms with E-state index in [0.29, 0.717) is 0 Å². The first-order valence-corrected chi connectivity index (χ1v) is 4.87. The normalized spacial score (nSPS) is 11.4. The Hall–Kier alpha value is -1.01. The smallest absolute Gasteiger partial charge is 0.393 e. The van der Waals surface area contributed by atoms with E-state index in [-0.39, 0.29) is 27.4 Å². The fourth-order valence-electron chi connectivity index (χ4n) is 0.763. The van der Waals surface area contributed by atoms with Crippen LogP contribution in [-0.4, -0.2) is 16.3 Å². The third-order valence-corrected chi connectivity index (χ3v) is 2.71. The van der Waals surface area contributed by atoms with E-state index in [1.54, 1.807) is 0 Å². The summed E-state index contributed by atoms with van der Waals surface area (Å²) in [4.78, 5) is 10.2. The number of halogens is 3. The van der Waals surface area contributed by atoms with Gasteiger partial charge in [-0.05, 0) is 30.0 Å². The second-order valence-corrected chi connectivity index (χ2v) is 4.20. The molecule has 0 saturated carbocycles. The van der Waals surface area contributed by atoms with Gasteiger partial charge < -0.3 is 10.8 Å². The molecule has 82 valence electrons. The first kappa shape index (κ1) is 12.1. The zero-order valence-electron chi connectivity index (χ0n) is 7.21. The highest BCUT2D eigenvalue weighted by molar-refractivity contribution is 8.01. The van der Waals surface area contributed by atoms with Gasteiger partial charge in [-0.2, -0.15) is 8.78 Å². The van der Waals surface area contributed by atoms with Crippen molar-refractivity contribution in [1.29, 1.82) is 0 Å². The van der Waals surface area contributed by atoms with Crippen LogP contribution in [0.1, 0.15) is 0 Å². The van der Waals surface area contributed by atoms with Gasteiger partial charge in [0.25, 0.3) is 0 Å². The number of nitrogens with two attached hydrogens (primary N) is 1. The summed E-state index contributed by atoms with van der Waals surface area (Å²) < 4.78 is 25.5. The lowest BCUT2D eigenvalue weighted by atomic mass is 10.3. The number of aliphatic carboxylic acids is 1. The van der Waals surface area contributed by atoms with Gasteiger partial charge in [-0.3, -0.25) is 0 Å². The maximum atomic E-state index is 12.8. The van der Waals surface area contributed by atoms with E-state index < -0.39 is 11.2 Å². The number of hydrogen-bond donors (Lipinski definition) is 2. The predicted octanol–water partition coefficient (Wildman–Crippen LogP) is 2.69. The Morgan fingerprint density at radius 2 is 2.13 bits per heavy atom. The standard InChI is InChI=1S/C8H6ClF2NO2S/c9-5-3-4(1-2-6(5)12)15-8(10,11)7(13)14/h1-3H,12H2,(H,13,14). The third kappa shape index (κ3) is 2.97. The predicted molar refractivity (Wildman–Crippen MR) is 54.3 cm³/mol. The molecule has 0 aliphatic heterocycles. The van der Waals surface area contributed by atoms with E-state index in [0.717, 1.165) is 0 Å². The highest BCUT2D eigenvalue weighted by Gasteiger charge is 2.40. The number of anilines is 1. The first-order valence-electron chi connectivity index (χ1n) is 3.68. The largest absolute Gasteiger partial charge is 0.476 e. The number of hydrogen-bond acceptors (Lipinski definition) is 3. The van der Waals surface area contributed by atoms with Crippen molar-refractivity contribution in [3.63, 3.8) is 0 Å². The van der Waals surface area contributed by atoms with E-state index in [4.69, 9.17) is 22.4 Å². The van der Waals surface area contributed by atoms with Crippen molar-refractivity contribution in [2.45, 2.75) is 10.2 Å². The fourth-order valence-corrected chi connectivity index (χ4v) is 1.70. The highest BCUT2D eigenvalue weighted by atomic mass is 35.5. The minimum atomic E-state index is -3.88. The summed E-state index contributed by atoms with van der Waals surface area (Å²) in [6.07, 6.45) is 0. The fraction of sp³-hybridized carbons (Fsp3) is 0.125. The molecular weight excluding hydrogens is 248 g/mol. The minimum absolute atomic E-state index is 0.0431. The van der Waals surface area contributed by atoms with Crippen LogP contribution in [0.15, 0.2) is 23.1 Å². The maximum Gasteiger partial charge on any atom is 0.393 e. The van der Waals surface area contributed by atoms with E-state index >= 15 is 0 Å². The van der Waals surface area contributed by atoms with Crippen LogP contribution in [0.25, 0.3) is 0 Å². The van der Waals surface area contributed by atoms with Gasteiger partial charge in [0.2, 0.25) is 0 Å². The molecule has 0 bridgehead atoms. The van der Waals surface area contributed by atoms with Crippen LogP contribution >= 0.6 is 23.4 Å². The summed E-state index contributed by atoms with van der Waals surface area (Å²) in [5.41, 5.74) is 5.62. The van der Waals surface area contributed by atoms with Crippen molar-refractivity contribution in [2.24, 2.45) is 0 Å². The summed E-state index contributed by atoms with van der Waals surface area (Å²) in [5, 5.41) is 4.43. The van der Waals surface area contributed by atoms with Gasteiger partial charge in [-0.25, -0.2) is 4.79 Å². The second kappa shape index (κ2) is 4.24. The van der Waals surface area contributed by atoms with Crippen LogP contribution < -0.4 is 5.73 Å². The molecule has 0 unspecified atom stereocenters. The Balaban J connectivity index is 2.91. The molecule has 0 amide bonds. The lowest BCUT2D eigenvalue weighted by Crippen LogP contribution is -2.23. The molecule has 1 aromatic rings. The van der Waals surface area contributed by atoms with Crippen molar-refractivity contribution >= 4 is 35.0 Å². The van der Waals surface area contributed by atoms with Crippen LogP contribution in [-0.2, 0) is 4.79 Å². The molecule has 0 radical (unpaired) electrons. The second-order valence-electron chi connectivity index (χ2n) is 2.61. The number of carboxylic acids is 1. The monoisotopic (exact) mass is 253 g/mol. The SMILES string of the molecule is Nc1ccc(SC(F)(F)C(=O)O)cc1Cl. The van der Waals surface area contributed by atoms with Crippen LogP contribution in [0.3, 0.4) is 0 Å². The molecule has 1 aromatic carbocycles. The highest BCUT2D eigenvalue weighted by Crippen LogP contribution is 2.37. The zero-order valence-corrected chi connectivity index (χ0v) is 8.78.